The largest absolute Gasteiger partial charge is 0.495 e. The van der Waals surface area contributed by atoms with Crippen LogP contribution in [0.5, 0.6) is 5.75 Å². The molecule has 0 spiro atoms. The van der Waals surface area contributed by atoms with E-state index in [9.17, 15) is 18.0 Å². The number of likely N-dealkylation sites (tertiary alicyclic amines) is 1. The Morgan fingerprint density at radius 3 is 2.60 bits per heavy atom. The summed E-state index contributed by atoms with van der Waals surface area (Å²) in [7, 11) is -2.52. The highest BCUT2D eigenvalue weighted by Gasteiger charge is 2.22. The molecule has 4 rings (SSSR count). The van der Waals surface area contributed by atoms with Crippen molar-refractivity contribution in [3.63, 3.8) is 0 Å². The molecule has 0 unspecified atom stereocenters. The number of carbonyl (C=O) groups is 2. The number of amides is 2. The molecule has 1 saturated heterocycles. The first-order valence-electron chi connectivity index (χ1n) is 11.2. The fourth-order valence-corrected chi connectivity index (χ4v) is 5.34. The standard InChI is InChI=1S/C26H27N3O5S/c1-18-12-13-20(16-24(18)35(32,33)28-22-9-3-4-10-23(22)34-2)26(31)27-21-8-5-7-19(15-21)17-29-14-6-11-25(29)30/h3-5,7-10,12-13,15-16,28H,6,11,14,17H2,1-2H3,(H,27,31). The minimum Gasteiger partial charge on any atom is -0.495 e. The van der Waals surface area contributed by atoms with Gasteiger partial charge in [-0.15, -0.1) is 0 Å². The van der Waals surface area contributed by atoms with Gasteiger partial charge in [0, 0.05) is 30.8 Å². The first-order valence-corrected chi connectivity index (χ1v) is 12.7. The summed E-state index contributed by atoms with van der Waals surface area (Å²) < 4.78 is 34.0. The van der Waals surface area contributed by atoms with E-state index in [4.69, 9.17) is 4.74 Å². The molecule has 1 heterocycles. The molecule has 2 N–H and O–H groups in total. The second-order valence-corrected chi connectivity index (χ2v) is 10.0. The van der Waals surface area contributed by atoms with Crippen LogP contribution in [0.2, 0.25) is 0 Å². The number of anilines is 2. The number of methoxy groups -OCH3 is 1. The third-order valence-corrected chi connectivity index (χ3v) is 7.33. The first kappa shape index (κ1) is 24.3. The summed E-state index contributed by atoms with van der Waals surface area (Å²) in [6.45, 7) is 2.89. The van der Waals surface area contributed by atoms with Crippen molar-refractivity contribution >= 4 is 33.2 Å². The molecule has 1 aliphatic heterocycles. The number of nitrogens with one attached hydrogen (secondary N) is 2. The van der Waals surface area contributed by atoms with Crippen molar-refractivity contribution < 1.29 is 22.7 Å². The molecule has 3 aromatic rings. The van der Waals surface area contributed by atoms with E-state index in [1.807, 2.05) is 18.2 Å². The Labute approximate surface area is 205 Å². The third kappa shape index (κ3) is 5.63. The highest BCUT2D eigenvalue weighted by molar-refractivity contribution is 7.92. The van der Waals surface area contributed by atoms with Crippen LogP contribution in [0.4, 0.5) is 11.4 Å². The van der Waals surface area contributed by atoms with E-state index in [1.54, 1.807) is 54.3 Å². The van der Waals surface area contributed by atoms with E-state index in [0.29, 0.717) is 35.7 Å². The van der Waals surface area contributed by atoms with Gasteiger partial charge in [-0.3, -0.25) is 14.3 Å². The zero-order valence-electron chi connectivity index (χ0n) is 19.6. The Morgan fingerprint density at radius 1 is 1.06 bits per heavy atom. The number of hydrogen-bond acceptors (Lipinski definition) is 5. The zero-order chi connectivity index (χ0) is 25.0. The number of sulfonamides is 1. The van der Waals surface area contributed by atoms with E-state index in [-0.39, 0.29) is 16.4 Å². The van der Waals surface area contributed by atoms with Gasteiger partial charge in [-0.25, -0.2) is 8.42 Å². The lowest BCUT2D eigenvalue weighted by molar-refractivity contribution is -0.128. The Balaban J connectivity index is 1.53. The van der Waals surface area contributed by atoms with Crippen LogP contribution in [0.3, 0.4) is 0 Å². The summed E-state index contributed by atoms with van der Waals surface area (Å²) in [6, 6.07) is 18.5. The zero-order valence-corrected chi connectivity index (χ0v) is 20.4. The lowest BCUT2D eigenvalue weighted by Crippen LogP contribution is -2.23. The summed E-state index contributed by atoms with van der Waals surface area (Å²) in [4.78, 5) is 26.7. The number of benzene rings is 3. The van der Waals surface area contributed by atoms with Crippen molar-refractivity contribution in [3.05, 3.63) is 83.4 Å². The van der Waals surface area contributed by atoms with E-state index >= 15 is 0 Å². The van der Waals surface area contributed by atoms with Gasteiger partial charge in [0.15, 0.2) is 0 Å². The average Bonchev–Trinajstić information content (AvgIpc) is 3.23. The van der Waals surface area contributed by atoms with Gasteiger partial charge in [0.05, 0.1) is 17.7 Å². The molecular weight excluding hydrogens is 466 g/mol. The molecule has 1 fully saturated rings. The monoisotopic (exact) mass is 493 g/mol. The molecule has 8 nitrogen and oxygen atoms in total. The van der Waals surface area contributed by atoms with Gasteiger partial charge in [-0.1, -0.05) is 30.3 Å². The van der Waals surface area contributed by atoms with Gasteiger partial charge < -0.3 is 15.0 Å². The molecule has 0 atom stereocenters. The maximum atomic E-state index is 13.1. The minimum absolute atomic E-state index is 0.00245. The number of aryl methyl sites for hydroxylation is 1. The number of nitrogens with zero attached hydrogens (tertiary/aromatic N) is 1. The van der Waals surface area contributed by atoms with Crippen molar-refractivity contribution in [2.45, 2.75) is 31.2 Å². The average molecular weight is 494 g/mol. The van der Waals surface area contributed by atoms with E-state index in [0.717, 1.165) is 18.5 Å². The number of hydrogen-bond donors (Lipinski definition) is 2. The van der Waals surface area contributed by atoms with Crippen LogP contribution in [-0.4, -0.2) is 38.8 Å². The fourth-order valence-electron chi connectivity index (χ4n) is 4.00. The summed E-state index contributed by atoms with van der Waals surface area (Å²) in [5, 5.41) is 2.82. The minimum atomic E-state index is -3.98. The van der Waals surface area contributed by atoms with Gasteiger partial charge in [-0.2, -0.15) is 0 Å². The van der Waals surface area contributed by atoms with Crippen molar-refractivity contribution in [2.75, 3.05) is 23.7 Å². The number of para-hydroxylation sites is 2. The highest BCUT2D eigenvalue weighted by Crippen LogP contribution is 2.28. The number of rotatable bonds is 8. The lowest BCUT2D eigenvalue weighted by atomic mass is 10.1. The molecule has 182 valence electrons. The topological polar surface area (TPSA) is 105 Å². The Morgan fingerprint density at radius 2 is 1.86 bits per heavy atom. The predicted molar refractivity (Wildman–Crippen MR) is 134 cm³/mol. The van der Waals surface area contributed by atoms with Crippen molar-refractivity contribution in [1.29, 1.82) is 0 Å². The lowest BCUT2D eigenvalue weighted by Gasteiger charge is -2.16. The normalized spacial score (nSPS) is 13.5. The summed E-state index contributed by atoms with van der Waals surface area (Å²) in [5.41, 5.74) is 2.48. The smallest absolute Gasteiger partial charge is 0.262 e. The second kappa shape index (κ2) is 10.2. The number of carbonyl (C=O) groups excluding carboxylic acids is 2. The predicted octanol–water partition coefficient (Wildman–Crippen LogP) is 4.18. The highest BCUT2D eigenvalue weighted by atomic mass is 32.2. The van der Waals surface area contributed by atoms with Crippen molar-refractivity contribution in [3.8, 4) is 5.75 Å². The van der Waals surface area contributed by atoms with Gasteiger partial charge >= 0.3 is 0 Å². The molecule has 35 heavy (non-hydrogen) atoms. The Kier molecular flexibility index (Phi) is 7.07. The summed E-state index contributed by atoms with van der Waals surface area (Å²) in [5.74, 6) is 0.0841. The van der Waals surface area contributed by atoms with Gasteiger partial charge in [0.25, 0.3) is 15.9 Å². The molecule has 3 aromatic carbocycles. The molecule has 0 aromatic heterocycles. The maximum Gasteiger partial charge on any atom is 0.262 e. The molecule has 1 aliphatic rings. The van der Waals surface area contributed by atoms with Crippen LogP contribution in [0.15, 0.2) is 71.6 Å². The van der Waals surface area contributed by atoms with Gasteiger partial charge in [0.1, 0.15) is 5.75 Å². The summed E-state index contributed by atoms with van der Waals surface area (Å²) >= 11 is 0. The molecule has 0 saturated carbocycles. The first-order chi connectivity index (χ1) is 16.8. The van der Waals surface area contributed by atoms with Crippen LogP contribution in [0.25, 0.3) is 0 Å². The van der Waals surface area contributed by atoms with E-state index < -0.39 is 15.9 Å². The van der Waals surface area contributed by atoms with E-state index in [2.05, 4.69) is 10.0 Å². The second-order valence-electron chi connectivity index (χ2n) is 8.36. The van der Waals surface area contributed by atoms with E-state index in [1.165, 1.54) is 13.2 Å². The fraction of sp³-hybridized carbons (Fsp3) is 0.231. The SMILES string of the molecule is COc1ccccc1NS(=O)(=O)c1cc(C(=O)Nc2cccc(CN3CCCC3=O)c2)ccc1C. The summed E-state index contributed by atoms with van der Waals surface area (Å²) in [6.07, 6.45) is 1.43. The molecule has 0 aliphatic carbocycles. The molecular formula is C26H27N3O5S. The van der Waals surface area contributed by atoms with Crippen molar-refractivity contribution in [2.24, 2.45) is 0 Å². The molecule has 0 radical (unpaired) electrons. The quantitative estimate of drug-likeness (QED) is 0.490. The van der Waals surface area contributed by atoms with Crippen LogP contribution in [0, 0.1) is 6.92 Å². The van der Waals surface area contributed by atoms with Crippen LogP contribution in [-0.2, 0) is 21.4 Å². The van der Waals surface area contributed by atoms with Gasteiger partial charge in [-0.05, 0) is 60.9 Å². The third-order valence-electron chi connectivity index (χ3n) is 5.82. The molecule has 9 heteroatoms. The molecule has 2 amide bonds. The van der Waals surface area contributed by atoms with Crippen LogP contribution in [0.1, 0.15) is 34.3 Å². The molecule has 0 bridgehead atoms. The Hall–Kier alpha value is -3.85. The number of ether oxygens (including phenoxy) is 1. The Bertz CT molecular complexity index is 1370. The maximum absolute atomic E-state index is 13.1. The van der Waals surface area contributed by atoms with Gasteiger partial charge in [0.2, 0.25) is 5.91 Å². The van der Waals surface area contributed by atoms with Crippen molar-refractivity contribution in [1.82, 2.24) is 4.90 Å². The van der Waals surface area contributed by atoms with Crippen LogP contribution < -0.4 is 14.8 Å². The van der Waals surface area contributed by atoms with Crippen LogP contribution >= 0.6 is 0 Å².